The van der Waals surface area contributed by atoms with Gasteiger partial charge in [0.15, 0.2) is 6.29 Å². The molecule has 0 radical (unpaired) electrons. The topological polar surface area (TPSA) is 109 Å². The molecule has 2 heterocycles. The van der Waals surface area contributed by atoms with Crippen LogP contribution in [0.5, 0.6) is 0 Å². The predicted octanol–water partition coefficient (Wildman–Crippen LogP) is 3.10. The van der Waals surface area contributed by atoms with Crippen molar-refractivity contribution in [1.29, 1.82) is 0 Å². The van der Waals surface area contributed by atoms with Crippen LogP contribution in [0.4, 0.5) is 0 Å². The molecule has 0 spiro atoms. The zero-order valence-electron chi connectivity index (χ0n) is 23.1. The number of carbonyl (C=O) groups excluding carboxylic acids is 1. The Hall–Kier alpha value is -0.770. The van der Waals surface area contributed by atoms with Gasteiger partial charge >= 0.3 is 5.97 Å². The van der Waals surface area contributed by atoms with E-state index in [1.807, 2.05) is 32.7 Å². The minimum Gasteiger partial charge on any atom is -0.459 e. The number of hydrogen-bond donors (Lipinski definition) is 3. The fourth-order valence-electron chi connectivity index (χ4n) is 5.69. The maximum absolute atomic E-state index is 13.3. The molecule has 0 aromatic carbocycles. The van der Waals surface area contributed by atoms with Crippen LogP contribution in [-0.4, -0.2) is 88.2 Å². The summed E-state index contributed by atoms with van der Waals surface area (Å²) in [7, 11) is 1.90. The monoisotopic (exact) mass is 501 g/mol. The molecule has 8 heteroatoms. The third kappa shape index (κ3) is 8.37. The van der Waals surface area contributed by atoms with Gasteiger partial charge in [-0.3, -0.25) is 4.79 Å². The third-order valence-electron chi connectivity index (χ3n) is 8.06. The van der Waals surface area contributed by atoms with Gasteiger partial charge in [-0.25, -0.2) is 0 Å². The Balaban J connectivity index is 2.30. The molecule has 206 valence electrons. The van der Waals surface area contributed by atoms with Crippen molar-refractivity contribution in [2.75, 3.05) is 13.6 Å². The number of rotatable bonds is 3. The van der Waals surface area contributed by atoms with Gasteiger partial charge in [-0.2, -0.15) is 0 Å². The summed E-state index contributed by atoms with van der Waals surface area (Å²) in [4.78, 5) is 15.3. The zero-order valence-corrected chi connectivity index (χ0v) is 23.1. The molecule has 2 aliphatic rings. The second-order valence-electron chi connectivity index (χ2n) is 11.7. The Morgan fingerprint density at radius 3 is 2.31 bits per heavy atom. The number of ether oxygens (including phenoxy) is 3. The van der Waals surface area contributed by atoms with Crippen molar-refractivity contribution in [3.63, 3.8) is 0 Å². The van der Waals surface area contributed by atoms with Crippen molar-refractivity contribution in [3.8, 4) is 0 Å². The van der Waals surface area contributed by atoms with Gasteiger partial charge in [0.1, 0.15) is 17.8 Å². The summed E-state index contributed by atoms with van der Waals surface area (Å²) in [6.07, 6.45) is 0.331. The molecular formula is C27H51NO7. The maximum Gasteiger partial charge on any atom is 0.311 e. The quantitative estimate of drug-likeness (QED) is 0.506. The Morgan fingerprint density at radius 2 is 1.71 bits per heavy atom. The number of nitrogens with zero attached hydrogens (tertiary/aromatic N) is 1. The lowest BCUT2D eigenvalue weighted by atomic mass is 9.86. The van der Waals surface area contributed by atoms with Gasteiger partial charge in [-0.1, -0.05) is 20.8 Å². The predicted molar refractivity (Wildman–Crippen MR) is 135 cm³/mol. The number of aliphatic hydroxyl groups is 3. The third-order valence-corrected chi connectivity index (χ3v) is 8.06. The van der Waals surface area contributed by atoms with Gasteiger partial charge in [-0.15, -0.1) is 0 Å². The van der Waals surface area contributed by atoms with Gasteiger partial charge in [0, 0.05) is 19.0 Å². The van der Waals surface area contributed by atoms with Crippen molar-refractivity contribution in [2.24, 2.45) is 17.8 Å². The Bertz CT molecular complexity index is 649. The van der Waals surface area contributed by atoms with Crippen LogP contribution >= 0.6 is 0 Å². The molecule has 2 aliphatic heterocycles. The second kappa shape index (κ2) is 13.2. The number of cyclic esters (lactones) is 1. The highest BCUT2D eigenvalue weighted by atomic mass is 16.7. The fraction of sp³-hybridized carbons (Fsp3) is 0.963. The number of carbonyl (C=O) groups is 1. The molecule has 2 rings (SSSR count). The van der Waals surface area contributed by atoms with Crippen molar-refractivity contribution < 1.29 is 34.3 Å². The molecule has 0 aromatic rings. The van der Waals surface area contributed by atoms with Crippen LogP contribution in [0.25, 0.3) is 0 Å². The Labute approximate surface area is 212 Å². The number of likely N-dealkylation sites (N-methyl/N-ethyl adjacent to an activating group) is 1. The van der Waals surface area contributed by atoms with Crippen molar-refractivity contribution in [2.45, 2.75) is 135 Å². The van der Waals surface area contributed by atoms with E-state index >= 15 is 0 Å². The highest BCUT2D eigenvalue weighted by Gasteiger charge is 2.45. The molecular weight excluding hydrogens is 450 g/mol. The van der Waals surface area contributed by atoms with Crippen molar-refractivity contribution in [3.05, 3.63) is 0 Å². The largest absolute Gasteiger partial charge is 0.459 e. The first-order chi connectivity index (χ1) is 16.3. The molecule has 0 aliphatic carbocycles. The van der Waals surface area contributed by atoms with Crippen LogP contribution in [0.2, 0.25) is 0 Å². The standard InChI is InChI=1S/C27H51NO7/c1-9-23-27(7,32)25(30)20(6)28(8)15-17(3)13-21(29)10-11-22(19(5)26(31)35-23)34-24-14-16(2)12-18(4)33-24/h16-25,29-30,32H,9-15H2,1-8H3/t16?,17-,18?,19?,20?,21?,22+,23-,24+,25?,27?/m1/s1. The van der Waals surface area contributed by atoms with Crippen LogP contribution in [0.3, 0.4) is 0 Å². The van der Waals surface area contributed by atoms with E-state index in [-0.39, 0.29) is 18.1 Å². The summed E-state index contributed by atoms with van der Waals surface area (Å²) < 4.78 is 18.2. The highest BCUT2D eigenvalue weighted by Crippen LogP contribution is 2.31. The maximum atomic E-state index is 13.3. The van der Waals surface area contributed by atoms with Crippen molar-refractivity contribution >= 4 is 5.97 Å². The van der Waals surface area contributed by atoms with Gasteiger partial charge in [0.25, 0.3) is 0 Å². The second-order valence-corrected chi connectivity index (χ2v) is 11.7. The number of hydrogen-bond acceptors (Lipinski definition) is 8. The molecule has 0 amide bonds. The summed E-state index contributed by atoms with van der Waals surface area (Å²) in [5.74, 6) is -0.465. The minimum atomic E-state index is -1.63. The highest BCUT2D eigenvalue weighted by molar-refractivity contribution is 5.73. The molecule has 8 nitrogen and oxygen atoms in total. The molecule has 2 fully saturated rings. The van der Waals surface area contributed by atoms with E-state index in [1.165, 1.54) is 6.92 Å². The lowest BCUT2D eigenvalue weighted by Crippen LogP contribution is -2.59. The fourth-order valence-corrected chi connectivity index (χ4v) is 5.69. The van der Waals surface area contributed by atoms with E-state index in [9.17, 15) is 20.1 Å². The zero-order chi connectivity index (χ0) is 26.5. The molecule has 11 atom stereocenters. The SMILES string of the molecule is CC[C@H]1OC(=O)C(C)[C@@H](O[C@H]2CC(C)CC(C)O2)CCC(O)C[C@@H](C)CN(C)C(C)C(O)C1(C)O. The van der Waals surface area contributed by atoms with Crippen LogP contribution in [-0.2, 0) is 19.0 Å². The summed E-state index contributed by atoms with van der Waals surface area (Å²) in [5.41, 5.74) is -1.63. The summed E-state index contributed by atoms with van der Waals surface area (Å²) in [6, 6.07) is -0.372. The molecule has 7 unspecified atom stereocenters. The van der Waals surface area contributed by atoms with Crippen molar-refractivity contribution in [1.82, 2.24) is 4.90 Å². The van der Waals surface area contributed by atoms with E-state index in [0.29, 0.717) is 38.1 Å². The lowest BCUT2D eigenvalue weighted by molar-refractivity contribution is -0.233. The summed E-state index contributed by atoms with van der Waals surface area (Å²) in [6.45, 7) is 13.9. The van der Waals surface area contributed by atoms with Crippen LogP contribution in [0.1, 0.15) is 87.0 Å². The first-order valence-corrected chi connectivity index (χ1v) is 13.6. The van der Waals surface area contributed by atoms with E-state index in [4.69, 9.17) is 14.2 Å². The number of aliphatic hydroxyl groups excluding tert-OH is 2. The smallest absolute Gasteiger partial charge is 0.311 e. The molecule has 35 heavy (non-hydrogen) atoms. The average Bonchev–Trinajstić information content (AvgIpc) is 2.76. The van der Waals surface area contributed by atoms with Gasteiger partial charge in [-0.05, 0) is 78.7 Å². The minimum absolute atomic E-state index is 0.0831. The lowest BCUT2D eigenvalue weighted by Gasteiger charge is -2.42. The van der Waals surface area contributed by atoms with Gasteiger partial charge < -0.3 is 34.4 Å². The molecule has 0 saturated carbocycles. The summed E-state index contributed by atoms with van der Waals surface area (Å²) in [5, 5.41) is 33.1. The van der Waals surface area contributed by atoms with E-state index in [2.05, 4.69) is 13.8 Å². The van der Waals surface area contributed by atoms with Gasteiger partial charge in [0.2, 0.25) is 0 Å². The van der Waals surface area contributed by atoms with E-state index in [1.54, 1.807) is 6.92 Å². The van der Waals surface area contributed by atoms with Crippen LogP contribution in [0.15, 0.2) is 0 Å². The van der Waals surface area contributed by atoms with Crippen LogP contribution in [0, 0.1) is 17.8 Å². The molecule has 3 N–H and O–H groups in total. The Kier molecular flexibility index (Phi) is 11.4. The normalized spacial score (nSPS) is 45.9. The van der Waals surface area contributed by atoms with Crippen LogP contribution < -0.4 is 0 Å². The van der Waals surface area contributed by atoms with E-state index in [0.717, 1.165) is 12.8 Å². The average molecular weight is 502 g/mol. The van der Waals surface area contributed by atoms with E-state index < -0.39 is 48.2 Å². The molecule has 0 aromatic heterocycles. The van der Waals surface area contributed by atoms with Gasteiger partial charge in [0.05, 0.1) is 24.2 Å². The first kappa shape index (κ1) is 30.5. The Morgan fingerprint density at radius 1 is 1.06 bits per heavy atom. The molecule has 0 bridgehead atoms. The summed E-state index contributed by atoms with van der Waals surface area (Å²) >= 11 is 0. The first-order valence-electron chi connectivity index (χ1n) is 13.6. The molecule has 2 saturated heterocycles. The number of esters is 1.